The fourth-order valence-electron chi connectivity index (χ4n) is 2.52. The molecule has 0 saturated carbocycles. The summed E-state index contributed by atoms with van der Waals surface area (Å²) < 4.78 is 46.9. The van der Waals surface area contributed by atoms with Crippen LogP contribution in [0, 0.1) is 6.92 Å². The molecule has 2 heterocycles. The number of aromatic nitrogens is 1. The van der Waals surface area contributed by atoms with E-state index < -0.39 is 18.1 Å². The van der Waals surface area contributed by atoms with Crippen molar-refractivity contribution in [1.29, 1.82) is 0 Å². The Morgan fingerprint density at radius 3 is 2.24 bits per heavy atom. The molecular weight excluding hydrogens is 445 g/mol. The SMILES string of the molecule is COC(=O)c1cc(CNc2ccc(-c3ccc(OC)cn3)cc2)c(C)o1.O=C(O)C(F)(F)F. The van der Waals surface area contributed by atoms with Crippen LogP contribution in [0.15, 0.2) is 53.1 Å². The van der Waals surface area contributed by atoms with Crippen LogP contribution in [0.25, 0.3) is 11.3 Å². The fourth-order valence-corrected chi connectivity index (χ4v) is 2.52. The van der Waals surface area contributed by atoms with E-state index in [2.05, 4.69) is 15.0 Å². The highest BCUT2D eigenvalue weighted by molar-refractivity contribution is 5.86. The number of carbonyl (C=O) groups is 2. The minimum Gasteiger partial charge on any atom is -0.495 e. The van der Waals surface area contributed by atoms with Gasteiger partial charge in [-0.2, -0.15) is 13.2 Å². The molecule has 33 heavy (non-hydrogen) atoms. The molecule has 0 bridgehead atoms. The summed E-state index contributed by atoms with van der Waals surface area (Å²) in [6.45, 7) is 2.37. The van der Waals surface area contributed by atoms with Crippen molar-refractivity contribution in [3.63, 3.8) is 0 Å². The van der Waals surface area contributed by atoms with E-state index in [4.69, 9.17) is 19.1 Å². The van der Waals surface area contributed by atoms with Gasteiger partial charge in [-0.1, -0.05) is 12.1 Å². The number of carboxylic acids is 1. The van der Waals surface area contributed by atoms with Crippen molar-refractivity contribution in [1.82, 2.24) is 4.98 Å². The van der Waals surface area contributed by atoms with Crippen LogP contribution in [0.2, 0.25) is 0 Å². The number of benzene rings is 1. The van der Waals surface area contributed by atoms with E-state index in [-0.39, 0.29) is 5.76 Å². The van der Waals surface area contributed by atoms with Crippen LogP contribution in [0.5, 0.6) is 5.75 Å². The number of nitrogens with zero attached hydrogens (tertiary/aromatic N) is 1. The molecule has 0 saturated heterocycles. The van der Waals surface area contributed by atoms with Gasteiger partial charge in [0.15, 0.2) is 0 Å². The monoisotopic (exact) mass is 466 g/mol. The minimum absolute atomic E-state index is 0.211. The van der Waals surface area contributed by atoms with Gasteiger partial charge in [-0.3, -0.25) is 4.98 Å². The zero-order chi connectivity index (χ0) is 24.6. The van der Waals surface area contributed by atoms with E-state index in [0.717, 1.165) is 28.3 Å². The molecule has 11 heteroatoms. The Labute approximate surface area is 187 Å². The van der Waals surface area contributed by atoms with Crippen LogP contribution in [0.1, 0.15) is 21.9 Å². The molecule has 0 radical (unpaired) electrons. The molecule has 3 aromatic rings. The highest BCUT2D eigenvalue weighted by Gasteiger charge is 2.38. The summed E-state index contributed by atoms with van der Waals surface area (Å²) in [4.78, 5) is 24.8. The molecular formula is C22H21F3N2O6. The molecule has 0 unspecified atom stereocenters. The number of carbonyl (C=O) groups excluding carboxylic acids is 1. The van der Waals surface area contributed by atoms with Gasteiger partial charge < -0.3 is 24.3 Å². The van der Waals surface area contributed by atoms with Gasteiger partial charge >= 0.3 is 18.1 Å². The number of alkyl halides is 3. The molecule has 0 amide bonds. The highest BCUT2D eigenvalue weighted by Crippen LogP contribution is 2.22. The molecule has 0 aliphatic heterocycles. The zero-order valence-corrected chi connectivity index (χ0v) is 17.9. The van der Waals surface area contributed by atoms with Gasteiger partial charge in [0.05, 0.1) is 26.1 Å². The van der Waals surface area contributed by atoms with E-state index in [1.165, 1.54) is 7.11 Å². The number of carboxylic acid groups (broad SMARTS) is 1. The first-order chi connectivity index (χ1) is 15.5. The van der Waals surface area contributed by atoms with Crippen molar-refractivity contribution in [2.75, 3.05) is 19.5 Å². The summed E-state index contributed by atoms with van der Waals surface area (Å²) in [5, 5.41) is 10.4. The third kappa shape index (κ3) is 7.27. The van der Waals surface area contributed by atoms with Crippen LogP contribution in [-0.4, -0.2) is 42.4 Å². The van der Waals surface area contributed by atoms with Crippen molar-refractivity contribution in [2.24, 2.45) is 0 Å². The molecule has 0 spiro atoms. The van der Waals surface area contributed by atoms with Crippen molar-refractivity contribution in [3.8, 4) is 17.0 Å². The van der Waals surface area contributed by atoms with E-state index in [1.807, 2.05) is 43.3 Å². The molecule has 0 fully saturated rings. The standard InChI is InChI=1S/C20H20N2O4.C2HF3O2/c1-13-15(10-19(26-13)20(23)25-3)11-21-16-6-4-14(5-7-16)18-9-8-17(24-2)12-22-18;3-2(4,5)1(6)7/h4-10,12,21H,11H2,1-3H3;(H,6,7). The maximum Gasteiger partial charge on any atom is 0.490 e. The van der Waals surface area contributed by atoms with Crippen LogP contribution in [0.3, 0.4) is 0 Å². The molecule has 8 nitrogen and oxygen atoms in total. The molecule has 2 N–H and O–H groups in total. The van der Waals surface area contributed by atoms with E-state index in [9.17, 15) is 18.0 Å². The number of nitrogens with one attached hydrogen (secondary N) is 1. The van der Waals surface area contributed by atoms with Crippen molar-refractivity contribution >= 4 is 17.6 Å². The van der Waals surface area contributed by atoms with Crippen molar-refractivity contribution in [2.45, 2.75) is 19.6 Å². The highest BCUT2D eigenvalue weighted by atomic mass is 19.4. The first-order valence-corrected chi connectivity index (χ1v) is 9.37. The summed E-state index contributed by atoms with van der Waals surface area (Å²) in [5.41, 5.74) is 3.77. The van der Waals surface area contributed by atoms with E-state index >= 15 is 0 Å². The number of hydrogen-bond donors (Lipinski definition) is 2. The average Bonchev–Trinajstić information content (AvgIpc) is 3.18. The molecule has 0 aliphatic rings. The topological polar surface area (TPSA) is 111 Å². The third-order valence-electron chi connectivity index (χ3n) is 4.29. The Balaban J connectivity index is 0.000000479. The smallest absolute Gasteiger partial charge is 0.490 e. The Morgan fingerprint density at radius 2 is 1.76 bits per heavy atom. The maximum atomic E-state index is 11.5. The van der Waals surface area contributed by atoms with Crippen LogP contribution in [0.4, 0.5) is 18.9 Å². The Morgan fingerprint density at radius 1 is 1.12 bits per heavy atom. The summed E-state index contributed by atoms with van der Waals surface area (Å²) in [5.74, 6) is -1.60. The summed E-state index contributed by atoms with van der Waals surface area (Å²) >= 11 is 0. The molecule has 2 aromatic heterocycles. The second kappa shape index (κ2) is 11.0. The lowest BCUT2D eigenvalue weighted by molar-refractivity contribution is -0.192. The Hall–Kier alpha value is -4.02. The summed E-state index contributed by atoms with van der Waals surface area (Å²) in [6.07, 6.45) is -3.39. The number of anilines is 1. The molecule has 0 atom stereocenters. The van der Waals surface area contributed by atoms with Crippen molar-refractivity contribution in [3.05, 3.63) is 65.7 Å². The number of aliphatic carboxylic acids is 1. The van der Waals surface area contributed by atoms with Crippen LogP contribution in [-0.2, 0) is 16.1 Å². The Kier molecular flexibility index (Phi) is 8.43. The van der Waals surface area contributed by atoms with Gasteiger partial charge in [-0.15, -0.1) is 0 Å². The Bertz CT molecular complexity index is 1080. The summed E-state index contributed by atoms with van der Waals surface area (Å²) in [7, 11) is 2.95. The second-order valence-electron chi connectivity index (χ2n) is 6.50. The number of methoxy groups -OCH3 is 2. The molecule has 176 valence electrons. The quantitative estimate of drug-likeness (QED) is 0.504. The number of pyridine rings is 1. The lowest BCUT2D eigenvalue weighted by Gasteiger charge is -2.07. The van der Waals surface area contributed by atoms with Gasteiger partial charge in [-0.05, 0) is 37.3 Å². The number of halogens is 3. The number of aryl methyl sites for hydroxylation is 1. The van der Waals surface area contributed by atoms with Crippen LogP contribution < -0.4 is 10.1 Å². The fraction of sp³-hybridized carbons (Fsp3) is 0.227. The number of rotatable bonds is 6. The first kappa shape index (κ1) is 25.2. The average molecular weight is 466 g/mol. The zero-order valence-electron chi connectivity index (χ0n) is 17.9. The predicted octanol–water partition coefficient (Wildman–Crippen LogP) is 4.69. The van der Waals surface area contributed by atoms with Crippen LogP contribution >= 0.6 is 0 Å². The van der Waals surface area contributed by atoms with Gasteiger partial charge in [0.1, 0.15) is 11.5 Å². The van der Waals surface area contributed by atoms with Gasteiger partial charge in [0.25, 0.3) is 0 Å². The number of ether oxygens (including phenoxy) is 2. The van der Waals surface area contributed by atoms with Crippen molar-refractivity contribution < 1.29 is 41.8 Å². The largest absolute Gasteiger partial charge is 0.495 e. The summed E-state index contributed by atoms with van der Waals surface area (Å²) in [6, 6.07) is 13.5. The van der Waals surface area contributed by atoms with Gasteiger partial charge in [-0.25, -0.2) is 9.59 Å². The van der Waals surface area contributed by atoms with Gasteiger partial charge in [0.2, 0.25) is 5.76 Å². The number of furan rings is 1. The molecule has 3 rings (SSSR count). The maximum absolute atomic E-state index is 11.5. The van der Waals surface area contributed by atoms with E-state index in [1.54, 1.807) is 19.4 Å². The minimum atomic E-state index is -5.08. The van der Waals surface area contributed by atoms with E-state index in [0.29, 0.717) is 12.3 Å². The second-order valence-corrected chi connectivity index (χ2v) is 6.50. The first-order valence-electron chi connectivity index (χ1n) is 9.37. The molecule has 1 aromatic carbocycles. The van der Waals surface area contributed by atoms with Gasteiger partial charge in [0, 0.05) is 23.4 Å². The predicted molar refractivity (Wildman–Crippen MR) is 112 cm³/mol. The lowest BCUT2D eigenvalue weighted by Crippen LogP contribution is -2.21. The normalized spacial score (nSPS) is 10.6. The molecule has 0 aliphatic carbocycles. The number of hydrogen-bond acceptors (Lipinski definition) is 7. The third-order valence-corrected chi connectivity index (χ3v) is 4.29. The number of esters is 1. The lowest BCUT2D eigenvalue weighted by atomic mass is 10.1.